The number of pyridine rings is 2. The SMILES string of the molecule is Nc1c(/C(=C\CCCc2ccc(-c3ccc(-c4cc(-c5cccc(-c6cccc7ccncc67)c5)nc(-c5ccccc5)n4)cc3)cc2)c2ccccc2)ccc2ccc(-c3ccccc3)nc12. The Balaban J connectivity index is 0.815. The van der Waals surface area contributed by atoms with E-state index in [0.717, 1.165) is 114 Å². The van der Waals surface area contributed by atoms with Gasteiger partial charge < -0.3 is 5.73 Å². The molecule has 0 aliphatic rings. The van der Waals surface area contributed by atoms with Gasteiger partial charge in [-0.05, 0) is 87.9 Å². The molecule has 0 atom stereocenters. The summed E-state index contributed by atoms with van der Waals surface area (Å²) >= 11 is 0. The van der Waals surface area contributed by atoms with Gasteiger partial charge in [0.2, 0.25) is 0 Å². The maximum atomic E-state index is 6.98. The van der Waals surface area contributed by atoms with Gasteiger partial charge in [0, 0.05) is 51.0 Å². The van der Waals surface area contributed by atoms with Gasteiger partial charge in [-0.1, -0.05) is 200 Å². The molecule has 324 valence electrons. The van der Waals surface area contributed by atoms with E-state index < -0.39 is 0 Å². The van der Waals surface area contributed by atoms with E-state index in [2.05, 4.69) is 193 Å². The first-order valence-electron chi connectivity index (χ1n) is 23.2. The van der Waals surface area contributed by atoms with Crippen molar-refractivity contribution in [3.8, 4) is 67.4 Å². The molecular weight excluding hydrogens is 827 g/mol. The van der Waals surface area contributed by atoms with E-state index in [1.807, 2.05) is 48.8 Å². The van der Waals surface area contributed by atoms with E-state index in [4.69, 9.17) is 20.7 Å². The van der Waals surface area contributed by atoms with Crippen molar-refractivity contribution in [2.75, 3.05) is 5.73 Å². The van der Waals surface area contributed by atoms with Crippen LogP contribution in [0.4, 0.5) is 5.69 Å². The first-order chi connectivity index (χ1) is 33.6. The average Bonchev–Trinajstić information content (AvgIpc) is 3.42. The second-order valence-corrected chi connectivity index (χ2v) is 17.1. The van der Waals surface area contributed by atoms with Crippen molar-refractivity contribution in [3.63, 3.8) is 0 Å². The number of fused-ring (bicyclic) bond motifs is 2. The molecule has 0 spiro atoms. The van der Waals surface area contributed by atoms with Crippen LogP contribution < -0.4 is 5.73 Å². The number of nitrogens with zero attached hydrogens (tertiary/aromatic N) is 4. The van der Waals surface area contributed by atoms with Gasteiger partial charge in [0.25, 0.3) is 0 Å². The monoisotopic (exact) mass is 873 g/mol. The number of aromatic nitrogens is 4. The Kier molecular flexibility index (Phi) is 11.7. The number of nitrogens with two attached hydrogens (primary N) is 1. The summed E-state index contributed by atoms with van der Waals surface area (Å²) in [6, 6.07) is 76.3. The molecular formula is C63H47N5. The van der Waals surface area contributed by atoms with Crippen molar-refractivity contribution in [1.29, 1.82) is 0 Å². The zero-order valence-electron chi connectivity index (χ0n) is 37.5. The molecule has 11 aromatic rings. The zero-order valence-corrected chi connectivity index (χ0v) is 37.5. The Bertz CT molecular complexity index is 3560. The fraction of sp³-hybridized carbons (Fsp3) is 0.0476. The molecule has 3 heterocycles. The summed E-state index contributed by atoms with van der Waals surface area (Å²) in [5, 5.41) is 3.32. The first kappa shape index (κ1) is 41.9. The van der Waals surface area contributed by atoms with Crippen molar-refractivity contribution >= 4 is 32.9 Å². The molecule has 8 aromatic carbocycles. The lowest BCUT2D eigenvalue weighted by atomic mass is 9.93. The topological polar surface area (TPSA) is 77.6 Å². The highest BCUT2D eigenvalue weighted by molar-refractivity contribution is 6.00. The van der Waals surface area contributed by atoms with Crippen LogP contribution in [0.2, 0.25) is 0 Å². The average molecular weight is 874 g/mol. The van der Waals surface area contributed by atoms with Crippen LogP contribution in [-0.2, 0) is 6.42 Å². The van der Waals surface area contributed by atoms with Crippen LogP contribution in [0, 0.1) is 0 Å². The fourth-order valence-electron chi connectivity index (χ4n) is 9.14. The van der Waals surface area contributed by atoms with E-state index in [1.54, 1.807) is 0 Å². The number of hydrogen-bond acceptors (Lipinski definition) is 5. The summed E-state index contributed by atoms with van der Waals surface area (Å²) in [5.41, 5.74) is 24.5. The van der Waals surface area contributed by atoms with Crippen LogP contribution in [0.15, 0.2) is 237 Å². The number of benzene rings is 8. The lowest BCUT2D eigenvalue weighted by Gasteiger charge is -2.14. The first-order valence-corrected chi connectivity index (χ1v) is 23.2. The molecule has 11 rings (SSSR count). The smallest absolute Gasteiger partial charge is 0.160 e. The minimum Gasteiger partial charge on any atom is -0.396 e. The van der Waals surface area contributed by atoms with Crippen LogP contribution in [0.1, 0.15) is 29.5 Å². The predicted molar refractivity (Wildman–Crippen MR) is 283 cm³/mol. The van der Waals surface area contributed by atoms with Gasteiger partial charge in [-0.25, -0.2) is 15.0 Å². The second kappa shape index (κ2) is 19.0. The predicted octanol–water partition coefficient (Wildman–Crippen LogP) is 15.6. The number of allylic oxidation sites excluding steroid dienone is 1. The van der Waals surface area contributed by atoms with Crippen LogP contribution >= 0.6 is 0 Å². The minimum absolute atomic E-state index is 0.692. The van der Waals surface area contributed by atoms with Crippen LogP contribution in [-0.4, -0.2) is 19.9 Å². The maximum Gasteiger partial charge on any atom is 0.160 e. The molecule has 0 bridgehead atoms. The lowest BCUT2D eigenvalue weighted by molar-refractivity contribution is 0.844. The summed E-state index contributed by atoms with van der Waals surface area (Å²) < 4.78 is 0. The number of anilines is 1. The van der Waals surface area contributed by atoms with Crippen molar-refractivity contribution in [1.82, 2.24) is 19.9 Å². The Morgan fingerprint density at radius 3 is 1.84 bits per heavy atom. The number of rotatable bonds is 12. The quantitative estimate of drug-likeness (QED) is 0.0977. The lowest BCUT2D eigenvalue weighted by Crippen LogP contribution is -1.99. The molecule has 5 nitrogen and oxygen atoms in total. The summed E-state index contributed by atoms with van der Waals surface area (Å²) in [6.45, 7) is 0. The molecule has 0 saturated heterocycles. The van der Waals surface area contributed by atoms with Crippen molar-refractivity contribution < 1.29 is 0 Å². The molecule has 3 aromatic heterocycles. The summed E-state index contributed by atoms with van der Waals surface area (Å²) in [4.78, 5) is 19.7. The molecule has 0 unspecified atom stereocenters. The van der Waals surface area contributed by atoms with Gasteiger partial charge >= 0.3 is 0 Å². The van der Waals surface area contributed by atoms with Crippen molar-refractivity contribution in [3.05, 3.63) is 254 Å². The van der Waals surface area contributed by atoms with Crippen molar-refractivity contribution in [2.45, 2.75) is 19.3 Å². The summed E-state index contributed by atoms with van der Waals surface area (Å²) in [6.07, 6.45) is 9.01. The number of aryl methyl sites for hydroxylation is 1. The van der Waals surface area contributed by atoms with E-state index in [0.29, 0.717) is 11.5 Å². The van der Waals surface area contributed by atoms with E-state index in [9.17, 15) is 0 Å². The fourth-order valence-corrected chi connectivity index (χ4v) is 9.14. The molecule has 2 N–H and O–H groups in total. The van der Waals surface area contributed by atoms with Gasteiger partial charge in [-0.3, -0.25) is 4.98 Å². The highest BCUT2D eigenvalue weighted by Gasteiger charge is 2.15. The molecule has 0 amide bonds. The number of nitrogen functional groups attached to an aromatic ring is 1. The molecule has 0 aliphatic heterocycles. The molecule has 0 fully saturated rings. The second-order valence-electron chi connectivity index (χ2n) is 17.1. The van der Waals surface area contributed by atoms with E-state index in [1.165, 1.54) is 11.1 Å². The maximum absolute atomic E-state index is 6.98. The minimum atomic E-state index is 0.692. The Morgan fingerprint density at radius 2 is 1.07 bits per heavy atom. The molecule has 0 saturated carbocycles. The third kappa shape index (κ3) is 8.81. The highest BCUT2D eigenvalue weighted by atomic mass is 14.9. The number of unbranched alkanes of at least 4 members (excludes halogenated alkanes) is 1. The Morgan fingerprint density at radius 1 is 0.456 bits per heavy atom. The molecule has 5 heteroatoms. The largest absolute Gasteiger partial charge is 0.396 e. The van der Waals surface area contributed by atoms with Crippen LogP contribution in [0.25, 0.3) is 94.7 Å². The third-order valence-corrected chi connectivity index (χ3v) is 12.7. The van der Waals surface area contributed by atoms with Gasteiger partial charge in [-0.15, -0.1) is 0 Å². The molecule has 68 heavy (non-hydrogen) atoms. The standard InChI is InChI=1S/C63H47N5/c64-61-56(36-34-50-35-37-58(66-62(50)61)48-17-6-2-7-18-48)54(46-15-4-1-5-16-46)24-11-10-14-43-26-28-44(29-27-43)45-30-32-49(33-31-45)59-41-60(68-63(67-59)51-19-8-3-9-20-51)53-23-12-22-52(40-53)55-25-13-21-47-38-39-65-42-57(47)55/h1-9,12-13,15-42H,10-11,14,64H2/b54-24-. The van der Waals surface area contributed by atoms with Crippen LogP contribution in [0.5, 0.6) is 0 Å². The van der Waals surface area contributed by atoms with E-state index in [-0.39, 0.29) is 0 Å². The van der Waals surface area contributed by atoms with Gasteiger partial charge in [-0.2, -0.15) is 0 Å². The zero-order chi connectivity index (χ0) is 45.7. The third-order valence-electron chi connectivity index (χ3n) is 12.7. The Labute approximate surface area is 397 Å². The molecule has 0 aliphatic carbocycles. The van der Waals surface area contributed by atoms with Gasteiger partial charge in [0.1, 0.15) is 0 Å². The van der Waals surface area contributed by atoms with Gasteiger partial charge in [0.15, 0.2) is 5.82 Å². The number of hydrogen-bond donors (Lipinski definition) is 1. The summed E-state index contributed by atoms with van der Waals surface area (Å²) in [5.74, 6) is 0.692. The van der Waals surface area contributed by atoms with E-state index >= 15 is 0 Å². The molecule has 0 radical (unpaired) electrons. The highest BCUT2D eigenvalue weighted by Crippen LogP contribution is 2.36. The van der Waals surface area contributed by atoms with Crippen molar-refractivity contribution in [2.24, 2.45) is 0 Å². The van der Waals surface area contributed by atoms with Gasteiger partial charge in [0.05, 0.1) is 28.3 Å². The van der Waals surface area contributed by atoms with Crippen LogP contribution in [0.3, 0.4) is 0 Å². The summed E-state index contributed by atoms with van der Waals surface area (Å²) in [7, 11) is 0. The Hall–Kier alpha value is -8.80. The normalized spacial score (nSPS) is 11.6.